The van der Waals surface area contributed by atoms with Crippen molar-refractivity contribution in [3.05, 3.63) is 69.7 Å². The van der Waals surface area contributed by atoms with Gasteiger partial charge < -0.3 is 4.74 Å². The van der Waals surface area contributed by atoms with Crippen molar-refractivity contribution < 1.29 is 4.74 Å². The highest BCUT2D eigenvalue weighted by atomic mass is 35.5. The average Bonchev–Trinajstić information content (AvgIpc) is 3.15. The Bertz CT molecular complexity index is 1060. The zero-order chi connectivity index (χ0) is 18.1. The number of hydrogen-bond acceptors (Lipinski definition) is 5. The summed E-state index contributed by atoms with van der Waals surface area (Å²) in [5.41, 5.74) is 5.34. The molecule has 4 aromatic rings. The van der Waals surface area contributed by atoms with Crippen LogP contribution in [0.1, 0.15) is 11.3 Å². The van der Waals surface area contributed by atoms with Gasteiger partial charge >= 0.3 is 0 Å². The molecule has 0 aliphatic rings. The molecule has 0 aliphatic carbocycles. The van der Waals surface area contributed by atoms with Crippen LogP contribution in [0.15, 0.2) is 48.4 Å². The van der Waals surface area contributed by atoms with Crippen LogP contribution in [0.2, 0.25) is 10.0 Å². The monoisotopic (exact) mass is 401 g/mol. The van der Waals surface area contributed by atoms with E-state index < -0.39 is 0 Å². The van der Waals surface area contributed by atoms with Crippen LogP contribution >= 0.6 is 34.5 Å². The van der Waals surface area contributed by atoms with Gasteiger partial charge in [-0.15, -0.1) is 11.3 Å². The average molecular weight is 402 g/mol. The van der Waals surface area contributed by atoms with Gasteiger partial charge in [-0.2, -0.15) is 0 Å². The summed E-state index contributed by atoms with van der Waals surface area (Å²) in [6, 6.07) is 7.95. The van der Waals surface area contributed by atoms with E-state index in [0.717, 1.165) is 27.0 Å². The number of hydrogen-bond donors (Lipinski definition) is 0. The second kappa shape index (κ2) is 7.19. The number of benzene rings is 1. The van der Waals surface area contributed by atoms with Gasteiger partial charge in [0.2, 0.25) is 0 Å². The van der Waals surface area contributed by atoms with Gasteiger partial charge in [0.15, 0.2) is 0 Å². The van der Waals surface area contributed by atoms with Crippen LogP contribution in [0, 0.1) is 6.92 Å². The third-order valence-corrected chi connectivity index (χ3v) is 5.41. The normalized spacial score (nSPS) is 11.0. The Hall–Kier alpha value is -2.21. The third-order valence-electron chi connectivity index (χ3n) is 3.95. The minimum absolute atomic E-state index is 0.241. The highest BCUT2D eigenvalue weighted by Crippen LogP contribution is 2.35. The third kappa shape index (κ3) is 3.26. The van der Waals surface area contributed by atoms with Crippen LogP contribution in [0.3, 0.4) is 0 Å². The Morgan fingerprint density at radius 1 is 1.08 bits per heavy atom. The number of halogens is 2. The molecular formula is C19H13Cl2N3OS. The lowest BCUT2D eigenvalue weighted by Gasteiger charge is -2.13. The minimum Gasteiger partial charge on any atom is -0.487 e. The van der Waals surface area contributed by atoms with Crippen molar-refractivity contribution in [1.29, 1.82) is 0 Å². The summed E-state index contributed by atoms with van der Waals surface area (Å²) >= 11 is 14.0. The Balaban J connectivity index is 1.77. The molecule has 4 rings (SSSR count). The molecule has 0 fully saturated rings. The topological polar surface area (TPSA) is 47.9 Å². The zero-order valence-electron chi connectivity index (χ0n) is 13.7. The summed E-state index contributed by atoms with van der Waals surface area (Å²) in [5, 5.41) is 1.98. The molecule has 0 bridgehead atoms. The van der Waals surface area contributed by atoms with Gasteiger partial charge in [-0.05, 0) is 19.1 Å². The standard InChI is InChI=1S/C19H13Cl2N3OS/c1-11-5-13(18-8-23-10-26-18)12-3-2-4-17(19(12)24-11)25-9-14-15(20)6-22-7-16(14)21/h2-8,10H,9H2,1H3. The van der Waals surface area contributed by atoms with E-state index in [0.29, 0.717) is 21.4 Å². The summed E-state index contributed by atoms with van der Waals surface area (Å²) in [4.78, 5) is 13.9. The molecule has 0 N–H and O–H groups in total. The molecule has 0 unspecified atom stereocenters. The van der Waals surface area contributed by atoms with Crippen molar-refractivity contribution in [3.63, 3.8) is 0 Å². The molecule has 0 atom stereocenters. The number of rotatable bonds is 4. The lowest BCUT2D eigenvalue weighted by atomic mass is 10.1. The number of fused-ring (bicyclic) bond motifs is 1. The SMILES string of the molecule is Cc1cc(-c2cncs2)c2cccc(OCc3c(Cl)cncc3Cl)c2n1. The molecule has 3 aromatic heterocycles. The van der Waals surface area contributed by atoms with Gasteiger partial charge in [0.05, 0.1) is 20.4 Å². The quantitative estimate of drug-likeness (QED) is 0.423. The molecule has 0 spiro atoms. The molecular weight excluding hydrogens is 389 g/mol. The van der Waals surface area contributed by atoms with Crippen molar-refractivity contribution in [2.75, 3.05) is 0 Å². The van der Waals surface area contributed by atoms with Gasteiger partial charge in [-0.1, -0.05) is 35.3 Å². The van der Waals surface area contributed by atoms with E-state index in [2.05, 4.69) is 21.0 Å². The lowest BCUT2D eigenvalue weighted by molar-refractivity contribution is 0.309. The van der Waals surface area contributed by atoms with E-state index in [-0.39, 0.29) is 6.61 Å². The molecule has 0 saturated carbocycles. The Morgan fingerprint density at radius 2 is 1.88 bits per heavy atom. The summed E-state index contributed by atoms with van der Waals surface area (Å²) in [5.74, 6) is 0.681. The first kappa shape index (κ1) is 17.2. The number of pyridine rings is 2. The predicted octanol–water partition coefficient (Wildman–Crippen LogP) is 5.95. The zero-order valence-corrected chi connectivity index (χ0v) is 16.1. The number of nitrogens with zero attached hydrogens (tertiary/aromatic N) is 3. The van der Waals surface area contributed by atoms with Crippen molar-refractivity contribution in [2.45, 2.75) is 13.5 Å². The molecule has 1 aromatic carbocycles. The molecule has 130 valence electrons. The number of aromatic nitrogens is 3. The first-order chi connectivity index (χ1) is 12.6. The number of para-hydroxylation sites is 1. The summed E-state index contributed by atoms with van der Waals surface area (Å²) in [6.07, 6.45) is 4.97. The van der Waals surface area contributed by atoms with Crippen molar-refractivity contribution in [2.24, 2.45) is 0 Å². The molecule has 4 nitrogen and oxygen atoms in total. The van der Waals surface area contributed by atoms with Crippen molar-refractivity contribution in [1.82, 2.24) is 15.0 Å². The maximum Gasteiger partial charge on any atom is 0.146 e. The number of ether oxygens (including phenoxy) is 1. The second-order valence-corrected chi connectivity index (χ2v) is 7.40. The van der Waals surface area contributed by atoms with Gasteiger partial charge in [0.1, 0.15) is 17.9 Å². The molecule has 0 saturated heterocycles. The smallest absolute Gasteiger partial charge is 0.146 e. The predicted molar refractivity (Wildman–Crippen MR) is 106 cm³/mol. The fourth-order valence-corrected chi connectivity index (χ4v) is 3.87. The molecule has 3 heterocycles. The lowest BCUT2D eigenvalue weighted by Crippen LogP contribution is -2.00. The van der Waals surface area contributed by atoms with E-state index in [1.165, 1.54) is 0 Å². The van der Waals surface area contributed by atoms with E-state index in [1.807, 2.05) is 36.8 Å². The van der Waals surface area contributed by atoms with E-state index in [4.69, 9.17) is 27.9 Å². The Morgan fingerprint density at radius 3 is 2.62 bits per heavy atom. The van der Waals surface area contributed by atoms with Gasteiger partial charge in [0, 0.05) is 40.8 Å². The molecule has 26 heavy (non-hydrogen) atoms. The van der Waals surface area contributed by atoms with Crippen LogP contribution < -0.4 is 4.74 Å². The number of thiazole rings is 1. The first-order valence-corrected chi connectivity index (χ1v) is 9.47. The second-order valence-electron chi connectivity index (χ2n) is 5.70. The highest BCUT2D eigenvalue weighted by Gasteiger charge is 2.13. The summed E-state index contributed by atoms with van der Waals surface area (Å²) < 4.78 is 6.02. The highest BCUT2D eigenvalue weighted by molar-refractivity contribution is 7.13. The Kier molecular flexibility index (Phi) is 4.76. The van der Waals surface area contributed by atoms with Gasteiger partial charge in [-0.3, -0.25) is 9.97 Å². The fraction of sp³-hybridized carbons (Fsp3) is 0.105. The molecule has 0 aliphatic heterocycles. The van der Waals surface area contributed by atoms with Crippen LogP contribution in [0.25, 0.3) is 21.3 Å². The van der Waals surface area contributed by atoms with Gasteiger partial charge in [0.25, 0.3) is 0 Å². The summed E-state index contributed by atoms with van der Waals surface area (Å²) in [7, 11) is 0. The number of aryl methyl sites for hydroxylation is 1. The van der Waals surface area contributed by atoms with Crippen molar-refractivity contribution >= 4 is 45.4 Å². The van der Waals surface area contributed by atoms with E-state index in [1.54, 1.807) is 23.7 Å². The maximum atomic E-state index is 6.18. The van der Waals surface area contributed by atoms with E-state index in [9.17, 15) is 0 Å². The van der Waals surface area contributed by atoms with Crippen LogP contribution in [0.4, 0.5) is 0 Å². The molecule has 0 amide bonds. The Labute approximate surface area is 164 Å². The summed E-state index contributed by atoms with van der Waals surface area (Å²) in [6.45, 7) is 2.21. The molecule has 0 radical (unpaired) electrons. The van der Waals surface area contributed by atoms with Crippen molar-refractivity contribution in [3.8, 4) is 16.2 Å². The minimum atomic E-state index is 0.241. The molecule has 7 heteroatoms. The maximum absolute atomic E-state index is 6.18. The fourth-order valence-electron chi connectivity index (χ4n) is 2.75. The largest absolute Gasteiger partial charge is 0.487 e. The van der Waals surface area contributed by atoms with Crippen LogP contribution in [-0.2, 0) is 6.61 Å². The van der Waals surface area contributed by atoms with Gasteiger partial charge in [-0.25, -0.2) is 4.98 Å². The first-order valence-electron chi connectivity index (χ1n) is 7.83. The van der Waals surface area contributed by atoms with Crippen LogP contribution in [0.5, 0.6) is 5.75 Å². The van der Waals surface area contributed by atoms with E-state index >= 15 is 0 Å². The van der Waals surface area contributed by atoms with Crippen LogP contribution in [-0.4, -0.2) is 15.0 Å².